The summed E-state index contributed by atoms with van der Waals surface area (Å²) in [5.41, 5.74) is 2.80. The number of rotatable bonds is 7. The Bertz CT molecular complexity index is 445. The highest BCUT2D eigenvalue weighted by molar-refractivity contribution is 5.94. The molecule has 0 fully saturated rings. The smallest absolute Gasteiger partial charge is 0.252 e. The van der Waals surface area contributed by atoms with Gasteiger partial charge in [0, 0.05) is 25.7 Å². The molecule has 0 unspecified atom stereocenters. The van der Waals surface area contributed by atoms with Gasteiger partial charge in [0.25, 0.3) is 5.91 Å². The molecule has 110 valence electrons. The molecule has 0 atom stereocenters. The molecule has 1 aromatic heterocycles. The van der Waals surface area contributed by atoms with E-state index in [2.05, 4.69) is 21.0 Å². The third-order valence-corrected chi connectivity index (χ3v) is 2.52. The highest BCUT2D eigenvalue weighted by atomic mass is 16.2. The van der Waals surface area contributed by atoms with Gasteiger partial charge in [-0.1, -0.05) is 13.8 Å². The third-order valence-electron chi connectivity index (χ3n) is 2.52. The molecule has 0 spiro atoms. The van der Waals surface area contributed by atoms with Crippen LogP contribution >= 0.6 is 0 Å². The highest BCUT2D eigenvalue weighted by Gasteiger charge is 2.07. The summed E-state index contributed by atoms with van der Waals surface area (Å²) in [5, 5.41) is 5.45. The lowest BCUT2D eigenvalue weighted by Crippen LogP contribution is -2.32. The number of amides is 2. The lowest BCUT2D eigenvalue weighted by Gasteiger charge is -2.08. The van der Waals surface area contributed by atoms with Crippen LogP contribution in [0.15, 0.2) is 18.3 Å². The number of nitrogen functional groups attached to an aromatic ring is 1. The zero-order valence-electron chi connectivity index (χ0n) is 11.8. The van der Waals surface area contributed by atoms with E-state index in [1.807, 2.05) is 13.8 Å². The molecule has 0 aliphatic heterocycles. The van der Waals surface area contributed by atoms with E-state index in [-0.39, 0.29) is 18.2 Å². The molecule has 0 aliphatic rings. The minimum Gasteiger partial charge on any atom is -0.356 e. The standard InChI is InChI=1S/C13H21N5O2/c1-9(2)7-17-12(19)5-6-15-13(20)10-3-4-11(18-14)16-8-10/h3-4,8-9H,5-7,14H2,1-2H3,(H,15,20)(H,16,18)(H,17,19). The van der Waals surface area contributed by atoms with Gasteiger partial charge in [-0.25, -0.2) is 10.8 Å². The molecule has 1 aromatic rings. The average molecular weight is 279 g/mol. The second kappa shape index (κ2) is 8.11. The Kier molecular flexibility index (Phi) is 6.45. The number of hydrazine groups is 1. The van der Waals surface area contributed by atoms with Gasteiger partial charge in [-0.15, -0.1) is 0 Å². The molecule has 0 aromatic carbocycles. The fraction of sp³-hybridized carbons (Fsp3) is 0.462. The fourth-order valence-corrected chi connectivity index (χ4v) is 1.41. The largest absolute Gasteiger partial charge is 0.356 e. The first kappa shape index (κ1) is 15.9. The summed E-state index contributed by atoms with van der Waals surface area (Å²) in [6, 6.07) is 3.21. The van der Waals surface area contributed by atoms with Crippen molar-refractivity contribution in [1.82, 2.24) is 15.6 Å². The number of nitrogens with two attached hydrogens (primary N) is 1. The van der Waals surface area contributed by atoms with Crippen molar-refractivity contribution in [1.29, 1.82) is 0 Å². The first-order chi connectivity index (χ1) is 9.52. The molecule has 2 amide bonds. The van der Waals surface area contributed by atoms with Crippen molar-refractivity contribution in [2.75, 3.05) is 18.5 Å². The van der Waals surface area contributed by atoms with Crippen LogP contribution in [-0.4, -0.2) is 29.9 Å². The van der Waals surface area contributed by atoms with Crippen LogP contribution in [0, 0.1) is 5.92 Å². The van der Waals surface area contributed by atoms with Crippen LogP contribution in [0.4, 0.5) is 5.82 Å². The van der Waals surface area contributed by atoms with E-state index < -0.39 is 0 Å². The summed E-state index contributed by atoms with van der Waals surface area (Å²) < 4.78 is 0. The number of hydrogen-bond donors (Lipinski definition) is 4. The van der Waals surface area contributed by atoms with Crippen molar-refractivity contribution in [2.45, 2.75) is 20.3 Å². The maximum atomic E-state index is 11.8. The van der Waals surface area contributed by atoms with E-state index in [1.165, 1.54) is 6.20 Å². The Balaban J connectivity index is 2.30. The molecular weight excluding hydrogens is 258 g/mol. The SMILES string of the molecule is CC(C)CNC(=O)CCNC(=O)c1ccc(NN)nc1. The molecule has 0 saturated heterocycles. The second-order valence-electron chi connectivity index (χ2n) is 4.78. The van der Waals surface area contributed by atoms with Gasteiger partial charge in [-0.05, 0) is 18.1 Å². The maximum Gasteiger partial charge on any atom is 0.252 e. The van der Waals surface area contributed by atoms with E-state index in [9.17, 15) is 9.59 Å². The lowest BCUT2D eigenvalue weighted by molar-refractivity contribution is -0.121. The molecule has 0 radical (unpaired) electrons. The van der Waals surface area contributed by atoms with Crippen molar-refractivity contribution in [3.8, 4) is 0 Å². The molecule has 0 bridgehead atoms. The van der Waals surface area contributed by atoms with Crippen LogP contribution in [0.5, 0.6) is 0 Å². The number of hydrogen-bond acceptors (Lipinski definition) is 5. The number of anilines is 1. The summed E-state index contributed by atoms with van der Waals surface area (Å²) in [4.78, 5) is 27.1. The summed E-state index contributed by atoms with van der Waals surface area (Å²) >= 11 is 0. The summed E-state index contributed by atoms with van der Waals surface area (Å²) in [6.07, 6.45) is 1.68. The number of nitrogens with one attached hydrogen (secondary N) is 3. The summed E-state index contributed by atoms with van der Waals surface area (Å²) in [7, 11) is 0. The predicted molar refractivity (Wildman–Crippen MR) is 76.8 cm³/mol. The first-order valence-corrected chi connectivity index (χ1v) is 6.50. The molecule has 7 nitrogen and oxygen atoms in total. The van der Waals surface area contributed by atoms with Gasteiger partial charge in [0.15, 0.2) is 0 Å². The third kappa shape index (κ3) is 5.66. The van der Waals surface area contributed by atoms with Gasteiger partial charge < -0.3 is 16.1 Å². The Morgan fingerprint density at radius 3 is 2.60 bits per heavy atom. The van der Waals surface area contributed by atoms with Gasteiger partial charge in [0.1, 0.15) is 5.82 Å². The number of carbonyl (C=O) groups excluding carboxylic acids is 2. The lowest BCUT2D eigenvalue weighted by atomic mass is 10.2. The van der Waals surface area contributed by atoms with Crippen molar-refractivity contribution in [2.24, 2.45) is 11.8 Å². The van der Waals surface area contributed by atoms with Crippen LogP contribution in [0.25, 0.3) is 0 Å². The zero-order valence-corrected chi connectivity index (χ0v) is 11.8. The normalized spacial score (nSPS) is 10.2. The van der Waals surface area contributed by atoms with Crippen LogP contribution in [0.2, 0.25) is 0 Å². The molecule has 20 heavy (non-hydrogen) atoms. The van der Waals surface area contributed by atoms with E-state index in [4.69, 9.17) is 5.84 Å². The van der Waals surface area contributed by atoms with Gasteiger partial charge in [0.05, 0.1) is 5.56 Å². The molecule has 1 rings (SSSR count). The van der Waals surface area contributed by atoms with Crippen LogP contribution in [0.3, 0.4) is 0 Å². The number of pyridine rings is 1. The molecule has 5 N–H and O–H groups in total. The first-order valence-electron chi connectivity index (χ1n) is 6.50. The number of aromatic nitrogens is 1. The summed E-state index contributed by atoms with van der Waals surface area (Å²) in [5.74, 6) is 5.74. The molecule has 0 saturated carbocycles. The Hall–Kier alpha value is -2.15. The maximum absolute atomic E-state index is 11.8. The van der Waals surface area contributed by atoms with Gasteiger partial charge in [-0.2, -0.15) is 0 Å². The van der Waals surface area contributed by atoms with E-state index in [1.54, 1.807) is 12.1 Å². The monoisotopic (exact) mass is 279 g/mol. The van der Waals surface area contributed by atoms with Gasteiger partial charge >= 0.3 is 0 Å². The van der Waals surface area contributed by atoms with Crippen molar-refractivity contribution in [3.63, 3.8) is 0 Å². The van der Waals surface area contributed by atoms with Crippen molar-refractivity contribution < 1.29 is 9.59 Å². The minimum absolute atomic E-state index is 0.0696. The zero-order chi connectivity index (χ0) is 15.0. The Morgan fingerprint density at radius 1 is 1.30 bits per heavy atom. The van der Waals surface area contributed by atoms with E-state index in [0.717, 1.165) is 0 Å². The minimum atomic E-state index is -0.266. The van der Waals surface area contributed by atoms with Gasteiger partial charge in [0.2, 0.25) is 5.91 Å². The molecule has 1 heterocycles. The van der Waals surface area contributed by atoms with Gasteiger partial charge in [-0.3, -0.25) is 9.59 Å². The molecular formula is C13H21N5O2. The number of carbonyl (C=O) groups is 2. The quantitative estimate of drug-likeness (QED) is 0.423. The Morgan fingerprint density at radius 2 is 2.05 bits per heavy atom. The van der Waals surface area contributed by atoms with Crippen LogP contribution in [-0.2, 0) is 4.79 Å². The van der Waals surface area contributed by atoms with Crippen LogP contribution < -0.4 is 21.9 Å². The molecule has 0 aliphatic carbocycles. The Labute approximate surface area is 118 Å². The summed E-state index contributed by atoms with van der Waals surface area (Å²) in [6.45, 7) is 4.98. The fourth-order valence-electron chi connectivity index (χ4n) is 1.41. The topological polar surface area (TPSA) is 109 Å². The second-order valence-corrected chi connectivity index (χ2v) is 4.78. The average Bonchev–Trinajstić information content (AvgIpc) is 2.45. The number of nitrogens with zero attached hydrogens (tertiary/aromatic N) is 1. The molecule has 7 heteroatoms. The van der Waals surface area contributed by atoms with Crippen LogP contribution in [0.1, 0.15) is 30.6 Å². The van der Waals surface area contributed by atoms with E-state index >= 15 is 0 Å². The van der Waals surface area contributed by atoms with E-state index in [0.29, 0.717) is 30.4 Å². The highest BCUT2D eigenvalue weighted by Crippen LogP contribution is 2.03. The van der Waals surface area contributed by atoms with Crippen molar-refractivity contribution >= 4 is 17.6 Å². The van der Waals surface area contributed by atoms with Crippen molar-refractivity contribution in [3.05, 3.63) is 23.9 Å². The predicted octanol–water partition coefficient (Wildman–Crippen LogP) is 0.259.